The zero-order chi connectivity index (χ0) is 4.99. The first-order valence-electron chi connectivity index (χ1n) is 1.55. The predicted molar refractivity (Wildman–Crippen MR) is 27.7 cm³/mol. The number of carbonyl (C=O) groups excluding carboxylic acids is 1. The van der Waals surface area contributed by atoms with Crippen LogP contribution in [0.4, 0.5) is 0 Å². The van der Waals surface area contributed by atoms with Crippen molar-refractivity contribution in [2.24, 2.45) is 0 Å². The third kappa shape index (κ3) is 10.9. The summed E-state index contributed by atoms with van der Waals surface area (Å²) < 4.78 is 4.17. The van der Waals surface area contributed by atoms with Crippen molar-refractivity contribution in [2.75, 3.05) is 0 Å². The van der Waals surface area contributed by atoms with Gasteiger partial charge in [-0.25, -0.2) is 0 Å². The first kappa shape index (κ1) is 10.8. The second-order valence-corrected chi connectivity index (χ2v) is 0.776. The number of ether oxygens (including phenoxy) is 1. The number of esters is 1. The van der Waals surface area contributed by atoms with E-state index in [1.54, 1.807) is 0 Å². The number of carbonyl (C=O) groups is 1. The van der Waals surface area contributed by atoms with Gasteiger partial charge in [0.25, 0.3) is 0 Å². The van der Waals surface area contributed by atoms with Crippen LogP contribution in [0.3, 0.4) is 0 Å². The molecule has 0 heterocycles. The maximum Gasteiger partial charge on any atom is 0.307 e. The Labute approximate surface area is 85.3 Å². The molecule has 0 atom stereocenters. The minimum atomic E-state index is -0.329. The predicted octanol–water partition coefficient (Wildman–Crippen LogP) is 0.312. The Morgan fingerprint density at radius 3 is 2.29 bits per heavy atom. The third-order valence-corrected chi connectivity index (χ3v) is 0.249. The van der Waals surface area contributed by atoms with Crippen LogP contribution in [-0.4, -0.2) is 57.4 Å². The molecular weight excluding hydrogens is 119 g/mol. The summed E-state index contributed by atoms with van der Waals surface area (Å²) >= 11 is 0. The van der Waals surface area contributed by atoms with Crippen molar-refractivity contribution in [1.82, 2.24) is 0 Å². The summed E-state index contributed by atoms with van der Waals surface area (Å²) in [7, 11) is 0. The van der Waals surface area contributed by atoms with E-state index >= 15 is 0 Å². The normalized spacial score (nSPS) is 5.86. The van der Waals surface area contributed by atoms with Gasteiger partial charge in [-0.3, -0.25) is 4.79 Å². The van der Waals surface area contributed by atoms with Crippen LogP contribution < -0.4 is 0 Å². The quantitative estimate of drug-likeness (QED) is 0.286. The van der Waals surface area contributed by atoms with E-state index in [0.717, 1.165) is 6.26 Å². The van der Waals surface area contributed by atoms with Crippen LogP contribution in [0.2, 0.25) is 0 Å². The summed E-state index contributed by atoms with van der Waals surface area (Å²) in [5.41, 5.74) is 0. The summed E-state index contributed by atoms with van der Waals surface area (Å²) in [6.07, 6.45) is 1.10. The average Bonchev–Trinajstić information content (AvgIpc) is 1.35. The first-order chi connectivity index (χ1) is 2.77. The van der Waals surface area contributed by atoms with Crippen molar-refractivity contribution < 1.29 is 9.53 Å². The molecule has 0 aliphatic rings. The molecule has 0 saturated carbocycles. The van der Waals surface area contributed by atoms with Gasteiger partial charge >= 0.3 is 5.97 Å². The maximum absolute atomic E-state index is 9.75. The Bertz CT molecular complexity index is 70.1. The van der Waals surface area contributed by atoms with E-state index in [2.05, 4.69) is 11.3 Å². The van der Waals surface area contributed by atoms with Crippen LogP contribution in [0.25, 0.3) is 0 Å². The van der Waals surface area contributed by atoms with E-state index in [0.29, 0.717) is 0 Å². The molecule has 0 aromatic carbocycles. The molecule has 0 aromatic heterocycles. The average molecular weight is 125 g/mol. The molecule has 3 heteroatoms. The largest absolute Gasteiger partial charge is 0.435 e. The molecule has 0 saturated heterocycles. The molecule has 0 N–H and O–H groups in total. The molecule has 7 heavy (non-hydrogen) atoms. The first-order valence-corrected chi connectivity index (χ1v) is 1.55. The van der Waals surface area contributed by atoms with Gasteiger partial charge in [-0.1, -0.05) is 6.58 Å². The van der Waals surface area contributed by atoms with E-state index in [1.807, 2.05) is 0 Å². The summed E-state index contributed by atoms with van der Waals surface area (Å²) in [5.74, 6) is -0.329. The van der Waals surface area contributed by atoms with E-state index in [-0.39, 0.29) is 57.4 Å². The van der Waals surface area contributed by atoms with Gasteiger partial charge in [0.1, 0.15) is 0 Å². The number of rotatable bonds is 1. The summed E-state index contributed by atoms with van der Waals surface area (Å²) in [6, 6.07) is 0. The molecule has 1 radical (unpaired) electrons. The fourth-order valence-electron chi connectivity index (χ4n) is 0.117. The smallest absolute Gasteiger partial charge is 0.307 e. The monoisotopic (exact) mass is 125 g/mol. The second kappa shape index (κ2) is 6.85. The Hall–Kier alpha value is 0.846. The molecule has 0 fully saturated rings. The van der Waals surface area contributed by atoms with Crippen LogP contribution in [0.1, 0.15) is 6.92 Å². The molecule has 35 valence electrons. The molecule has 0 amide bonds. The van der Waals surface area contributed by atoms with Crippen LogP contribution in [-0.2, 0) is 9.53 Å². The van der Waals surface area contributed by atoms with Gasteiger partial charge < -0.3 is 4.74 Å². The van der Waals surface area contributed by atoms with E-state index in [4.69, 9.17) is 0 Å². The molecule has 0 aromatic rings. The van der Waals surface area contributed by atoms with E-state index in [9.17, 15) is 4.79 Å². The molecule has 0 unspecified atom stereocenters. The zero-order valence-electron chi connectivity index (χ0n) is 4.60. The molecule has 0 spiro atoms. The van der Waals surface area contributed by atoms with Crippen molar-refractivity contribution >= 4 is 57.4 Å². The van der Waals surface area contributed by atoms with Crippen molar-refractivity contribution in [2.45, 2.75) is 6.92 Å². The van der Waals surface area contributed by atoms with E-state index in [1.165, 1.54) is 6.92 Å². The van der Waals surface area contributed by atoms with Gasteiger partial charge in [0.2, 0.25) is 0 Å². The third-order valence-electron chi connectivity index (χ3n) is 0.249. The number of hydrogen-bond donors (Lipinski definition) is 0. The van der Waals surface area contributed by atoms with Crippen molar-refractivity contribution in [1.29, 1.82) is 0 Å². The summed E-state index contributed by atoms with van der Waals surface area (Å²) in [4.78, 5) is 9.75. The number of hydrogen-bond acceptors (Lipinski definition) is 2. The fourth-order valence-corrected chi connectivity index (χ4v) is 0.117. The summed E-state index contributed by atoms with van der Waals surface area (Å²) in [5, 5.41) is 0. The van der Waals surface area contributed by atoms with Crippen molar-refractivity contribution in [3.05, 3.63) is 12.8 Å². The van der Waals surface area contributed by atoms with Crippen molar-refractivity contribution in [3.63, 3.8) is 0 Å². The van der Waals surface area contributed by atoms with Gasteiger partial charge in [-0.05, 0) is 0 Å². The Balaban J connectivity index is 0. The second-order valence-electron chi connectivity index (χ2n) is 0.776. The van der Waals surface area contributed by atoms with Gasteiger partial charge in [0.05, 0.1) is 6.26 Å². The minimum Gasteiger partial charge on any atom is -0.435 e. The minimum absolute atomic E-state index is 0. The Kier molecular flexibility index (Phi) is 10.5. The molecule has 0 rings (SSSR count). The van der Waals surface area contributed by atoms with Crippen LogP contribution in [0.5, 0.6) is 0 Å². The standard InChI is InChI=1S/C4H6O2.K/c1-3-6-4(2)5;/h3H,1H2,2H3;. The molecule has 2 nitrogen and oxygen atoms in total. The topological polar surface area (TPSA) is 26.3 Å². The Morgan fingerprint density at radius 1 is 1.86 bits per heavy atom. The van der Waals surface area contributed by atoms with Gasteiger partial charge in [0.15, 0.2) is 0 Å². The molecule has 0 aliphatic heterocycles. The molecular formula is C4H6KO2. The summed E-state index contributed by atoms with van der Waals surface area (Å²) in [6.45, 7) is 4.48. The van der Waals surface area contributed by atoms with Gasteiger partial charge in [0, 0.05) is 58.3 Å². The molecule has 0 aliphatic carbocycles. The van der Waals surface area contributed by atoms with Gasteiger partial charge in [-0.2, -0.15) is 0 Å². The fraction of sp³-hybridized carbons (Fsp3) is 0.250. The maximum atomic E-state index is 9.75. The van der Waals surface area contributed by atoms with E-state index < -0.39 is 0 Å². The SMILES string of the molecule is C=COC(C)=O.[K]. The van der Waals surface area contributed by atoms with Crippen LogP contribution >= 0.6 is 0 Å². The molecule has 0 bridgehead atoms. The van der Waals surface area contributed by atoms with Crippen molar-refractivity contribution in [3.8, 4) is 0 Å². The Morgan fingerprint density at radius 2 is 2.29 bits per heavy atom. The zero-order valence-corrected chi connectivity index (χ0v) is 7.72. The van der Waals surface area contributed by atoms with Crippen LogP contribution in [0, 0.1) is 0 Å². The van der Waals surface area contributed by atoms with Gasteiger partial charge in [-0.15, -0.1) is 0 Å². The van der Waals surface area contributed by atoms with Crippen LogP contribution in [0.15, 0.2) is 12.8 Å².